The van der Waals surface area contributed by atoms with Crippen LogP contribution in [0.2, 0.25) is 0 Å². The van der Waals surface area contributed by atoms with Crippen LogP contribution < -0.4 is 14.2 Å². The molecule has 0 fully saturated rings. The zero-order valence-corrected chi connectivity index (χ0v) is 25.5. The summed E-state index contributed by atoms with van der Waals surface area (Å²) >= 11 is 0. The molecule has 2 heterocycles. The first-order valence-corrected chi connectivity index (χ1v) is 14.4. The van der Waals surface area contributed by atoms with E-state index in [0.717, 1.165) is 64.6 Å². The minimum absolute atomic E-state index is 0.399. The average molecular weight is 568 g/mol. The van der Waals surface area contributed by atoms with Crippen molar-refractivity contribution in [2.75, 3.05) is 14.2 Å². The van der Waals surface area contributed by atoms with Crippen LogP contribution in [0.1, 0.15) is 75.3 Å². The zero-order chi connectivity index (χ0) is 30.3. The molecule has 0 spiro atoms. The summed E-state index contributed by atoms with van der Waals surface area (Å²) in [7, 11) is 3.30. The Hall–Kier alpha value is -4.32. The van der Waals surface area contributed by atoms with E-state index in [9.17, 15) is 4.79 Å². The first-order chi connectivity index (χ1) is 20.2. The molecular weight excluding hydrogens is 526 g/mol. The summed E-state index contributed by atoms with van der Waals surface area (Å²) in [5.41, 5.74) is 5.02. The Morgan fingerprint density at radius 3 is 2.62 bits per heavy atom. The van der Waals surface area contributed by atoms with Crippen molar-refractivity contribution in [2.24, 2.45) is 0 Å². The Morgan fingerprint density at radius 2 is 1.93 bits per heavy atom. The molecule has 6 nitrogen and oxygen atoms in total. The van der Waals surface area contributed by atoms with Crippen LogP contribution in [0.5, 0.6) is 17.2 Å². The van der Waals surface area contributed by atoms with Crippen LogP contribution in [0.15, 0.2) is 79.1 Å². The molecule has 1 aliphatic rings. The lowest BCUT2D eigenvalue weighted by Crippen LogP contribution is -2.27. The molecule has 220 valence electrons. The van der Waals surface area contributed by atoms with E-state index in [0.29, 0.717) is 11.5 Å². The van der Waals surface area contributed by atoms with E-state index in [-0.39, 0.29) is 0 Å². The number of allylic oxidation sites excluding steroid dienone is 5. The normalized spacial score (nSPS) is 14.8. The number of benzene rings is 2. The van der Waals surface area contributed by atoms with E-state index in [4.69, 9.17) is 18.9 Å². The van der Waals surface area contributed by atoms with E-state index < -0.39 is 17.7 Å². The Bertz CT molecular complexity index is 1550. The molecule has 1 aromatic heterocycles. The van der Waals surface area contributed by atoms with Gasteiger partial charge in [-0.2, -0.15) is 0 Å². The predicted molar refractivity (Wildman–Crippen MR) is 169 cm³/mol. The lowest BCUT2D eigenvalue weighted by atomic mass is 9.92. The topological polar surface area (TPSA) is 66.9 Å². The van der Waals surface area contributed by atoms with Crippen LogP contribution >= 0.6 is 0 Å². The van der Waals surface area contributed by atoms with Gasteiger partial charge >= 0.3 is 5.97 Å². The van der Waals surface area contributed by atoms with Crippen LogP contribution in [-0.2, 0) is 16.0 Å². The van der Waals surface area contributed by atoms with Gasteiger partial charge in [0.15, 0.2) is 6.10 Å². The molecule has 0 bridgehead atoms. The molecule has 3 aromatic rings. The van der Waals surface area contributed by atoms with Crippen molar-refractivity contribution >= 4 is 22.9 Å². The lowest BCUT2D eigenvalue weighted by molar-refractivity contribution is -0.144. The van der Waals surface area contributed by atoms with Gasteiger partial charge in [0.1, 0.15) is 22.8 Å². The van der Waals surface area contributed by atoms with E-state index in [1.54, 1.807) is 20.4 Å². The number of rotatable bonds is 12. The summed E-state index contributed by atoms with van der Waals surface area (Å²) in [4.78, 5) is 17.1. The highest BCUT2D eigenvalue weighted by Gasteiger charge is 2.30. The van der Waals surface area contributed by atoms with E-state index in [1.165, 1.54) is 12.5 Å². The van der Waals surface area contributed by atoms with Crippen LogP contribution in [0.25, 0.3) is 17.0 Å². The molecule has 0 aliphatic carbocycles. The summed E-state index contributed by atoms with van der Waals surface area (Å²) < 4.78 is 23.9. The van der Waals surface area contributed by atoms with Crippen molar-refractivity contribution in [3.8, 4) is 17.2 Å². The zero-order valence-electron chi connectivity index (χ0n) is 25.5. The number of carbonyl (C=O) groups excluding carboxylic acids is 1. The maximum atomic E-state index is 12.4. The van der Waals surface area contributed by atoms with Gasteiger partial charge in [-0.3, -0.25) is 9.78 Å². The van der Waals surface area contributed by atoms with Gasteiger partial charge in [-0.25, -0.2) is 0 Å². The number of ether oxygens (including phenoxy) is 4. The number of hydrogen-bond acceptors (Lipinski definition) is 6. The fraction of sp³-hybridized carbons (Fsp3) is 0.333. The summed E-state index contributed by atoms with van der Waals surface area (Å²) in [5.74, 6) is 1.70. The maximum Gasteiger partial charge on any atom is 0.303 e. The quantitative estimate of drug-likeness (QED) is 0.124. The standard InChI is InChI=1S/C36H41NO5/c1-8-10-13-25(9-2)14-11-12-15-26-22-31-30(23-33(26)39-6)27(19-21-37-31)35(41-24(3)38)29-16-17-32-28(34(29)40-7)18-20-36(4,5)42-32/h8-10,13,16-23,35H,2,11-12,14-15H2,1,3-7H3/b10-8-,25-13+. The first-order valence-electron chi connectivity index (χ1n) is 14.4. The first kappa shape index (κ1) is 30.6. The Labute approximate surface area is 249 Å². The SMILES string of the molecule is C=C/C(=C\C=C/C)CCCCc1cc2nccc(C(OC(C)=O)c3ccc4c(c3OC)C=CC(C)(C)O4)c2cc1OC. The van der Waals surface area contributed by atoms with Gasteiger partial charge in [-0.15, -0.1) is 0 Å². The van der Waals surface area contributed by atoms with Gasteiger partial charge in [0.25, 0.3) is 0 Å². The molecule has 1 atom stereocenters. The predicted octanol–water partition coefficient (Wildman–Crippen LogP) is 8.49. The molecule has 42 heavy (non-hydrogen) atoms. The van der Waals surface area contributed by atoms with E-state index in [1.807, 2.05) is 75.4 Å². The number of carbonyl (C=O) groups is 1. The van der Waals surface area contributed by atoms with Gasteiger partial charge in [-0.1, -0.05) is 30.9 Å². The summed E-state index contributed by atoms with van der Waals surface area (Å²) in [6.07, 6.45) is 17.0. The average Bonchev–Trinajstić information content (AvgIpc) is 2.97. The van der Waals surface area contributed by atoms with Gasteiger partial charge in [0, 0.05) is 29.6 Å². The minimum Gasteiger partial charge on any atom is -0.496 e. The second-order valence-corrected chi connectivity index (χ2v) is 10.9. The molecule has 0 radical (unpaired) electrons. The van der Waals surface area contributed by atoms with Crippen LogP contribution in [0.4, 0.5) is 0 Å². The third-order valence-corrected chi connectivity index (χ3v) is 7.37. The number of fused-ring (bicyclic) bond motifs is 2. The van der Waals surface area contributed by atoms with Crippen LogP contribution in [0.3, 0.4) is 0 Å². The second-order valence-electron chi connectivity index (χ2n) is 10.9. The van der Waals surface area contributed by atoms with Crippen LogP contribution in [-0.4, -0.2) is 30.8 Å². The van der Waals surface area contributed by atoms with Crippen molar-refractivity contribution < 1.29 is 23.7 Å². The third kappa shape index (κ3) is 6.93. The highest BCUT2D eigenvalue weighted by atomic mass is 16.5. The smallest absolute Gasteiger partial charge is 0.303 e. The number of aromatic nitrogens is 1. The number of esters is 1. The number of hydrogen-bond donors (Lipinski definition) is 0. The molecule has 1 unspecified atom stereocenters. The Balaban J connectivity index is 1.71. The third-order valence-electron chi connectivity index (χ3n) is 7.37. The van der Waals surface area contributed by atoms with Gasteiger partial charge in [0.05, 0.1) is 25.3 Å². The fourth-order valence-corrected chi connectivity index (χ4v) is 5.31. The van der Waals surface area contributed by atoms with Crippen molar-refractivity contribution in [3.63, 3.8) is 0 Å². The molecular formula is C36H41NO5. The molecule has 2 aromatic carbocycles. The van der Waals surface area contributed by atoms with Gasteiger partial charge in [0.2, 0.25) is 0 Å². The number of pyridine rings is 1. The monoisotopic (exact) mass is 567 g/mol. The molecule has 0 saturated carbocycles. The summed E-state index contributed by atoms with van der Waals surface area (Å²) in [5, 5.41) is 0.847. The second kappa shape index (κ2) is 13.6. The number of aryl methyl sites for hydroxylation is 1. The largest absolute Gasteiger partial charge is 0.496 e. The molecule has 0 N–H and O–H groups in total. The van der Waals surface area contributed by atoms with E-state index >= 15 is 0 Å². The van der Waals surface area contributed by atoms with Crippen molar-refractivity contribution in [1.29, 1.82) is 0 Å². The molecule has 6 heteroatoms. The maximum absolute atomic E-state index is 12.4. The lowest BCUT2D eigenvalue weighted by Gasteiger charge is -2.30. The van der Waals surface area contributed by atoms with Crippen molar-refractivity contribution in [2.45, 2.75) is 65.1 Å². The summed E-state index contributed by atoms with van der Waals surface area (Å²) in [6.45, 7) is 11.4. The molecule has 0 amide bonds. The Morgan fingerprint density at radius 1 is 1.12 bits per heavy atom. The van der Waals surface area contributed by atoms with Crippen LogP contribution in [0, 0.1) is 0 Å². The summed E-state index contributed by atoms with van der Waals surface area (Å²) in [6, 6.07) is 9.77. The number of unbranched alkanes of at least 4 members (excludes halogenated alkanes) is 1. The highest BCUT2D eigenvalue weighted by Crippen LogP contribution is 2.44. The molecule has 0 saturated heterocycles. The van der Waals surface area contributed by atoms with Gasteiger partial charge in [-0.05, 0) is 100 Å². The van der Waals surface area contributed by atoms with Crippen molar-refractivity contribution in [3.05, 3.63) is 101 Å². The van der Waals surface area contributed by atoms with Gasteiger partial charge < -0.3 is 18.9 Å². The molecule has 4 rings (SSSR count). The highest BCUT2D eigenvalue weighted by molar-refractivity contribution is 5.86. The Kier molecular flexibility index (Phi) is 9.89. The molecule has 1 aliphatic heterocycles. The minimum atomic E-state index is -0.728. The number of nitrogens with zero attached hydrogens (tertiary/aromatic N) is 1. The van der Waals surface area contributed by atoms with Crippen molar-refractivity contribution in [1.82, 2.24) is 4.98 Å². The number of methoxy groups -OCH3 is 2. The fourth-order valence-electron chi connectivity index (χ4n) is 5.31. The van der Waals surface area contributed by atoms with E-state index in [2.05, 4.69) is 23.7 Å².